The van der Waals surface area contributed by atoms with E-state index in [1.165, 1.54) is 0 Å². The van der Waals surface area contributed by atoms with Crippen LogP contribution in [0.5, 0.6) is 0 Å². The third-order valence-electron chi connectivity index (χ3n) is 3.01. The molecule has 0 aliphatic carbocycles. The first kappa shape index (κ1) is 13.0. The maximum absolute atomic E-state index is 12.0. The van der Waals surface area contributed by atoms with Crippen LogP contribution in [-0.4, -0.2) is 48.6 Å². The number of ether oxygens (including phenoxy) is 1. The highest BCUT2D eigenvalue weighted by atomic mass is 16.5. The summed E-state index contributed by atoms with van der Waals surface area (Å²) < 4.78 is 5.34. The molecule has 0 saturated carbocycles. The van der Waals surface area contributed by atoms with E-state index in [4.69, 9.17) is 4.74 Å². The van der Waals surface area contributed by atoms with E-state index in [2.05, 4.69) is 10.3 Å². The molecule has 5 heteroatoms. The molecule has 0 spiro atoms. The van der Waals surface area contributed by atoms with Crippen molar-refractivity contribution in [2.45, 2.75) is 19.0 Å². The zero-order chi connectivity index (χ0) is 12.8. The fraction of sp³-hybridized carbons (Fsp3) is 0.538. The minimum Gasteiger partial charge on any atom is -0.378 e. The SMILES string of the molecule is CN(Cc1ccncc1)C(=O)CC1COCCN1. The quantitative estimate of drug-likeness (QED) is 0.840. The molecule has 1 saturated heterocycles. The average Bonchev–Trinajstić information content (AvgIpc) is 2.41. The molecule has 0 radical (unpaired) electrons. The van der Waals surface area contributed by atoms with Gasteiger partial charge in [0.1, 0.15) is 0 Å². The van der Waals surface area contributed by atoms with Gasteiger partial charge in [0, 0.05) is 45.0 Å². The van der Waals surface area contributed by atoms with Gasteiger partial charge in [0.15, 0.2) is 0 Å². The predicted molar refractivity (Wildman–Crippen MR) is 67.9 cm³/mol. The number of aromatic nitrogens is 1. The number of carbonyl (C=O) groups excluding carboxylic acids is 1. The molecular weight excluding hydrogens is 230 g/mol. The van der Waals surface area contributed by atoms with Gasteiger partial charge in [-0.1, -0.05) is 0 Å². The molecule has 1 fully saturated rings. The van der Waals surface area contributed by atoms with Gasteiger partial charge >= 0.3 is 0 Å². The maximum Gasteiger partial charge on any atom is 0.224 e. The Morgan fingerprint density at radius 2 is 2.33 bits per heavy atom. The fourth-order valence-electron chi connectivity index (χ4n) is 1.97. The van der Waals surface area contributed by atoms with Crippen LogP contribution in [0.25, 0.3) is 0 Å². The molecule has 18 heavy (non-hydrogen) atoms. The first-order valence-corrected chi connectivity index (χ1v) is 6.19. The largest absolute Gasteiger partial charge is 0.378 e. The monoisotopic (exact) mass is 249 g/mol. The van der Waals surface area contributed by atoms with Gasteiger partial charge in [0.05, 0.1) is 13.2 Å². The normalized spacial score (nSPS) is 19.5. The topological polar surface area (TPSA) is 54.5 Å². The molecular formula is C13H19N3O2. The molecule has 1 amide bonds. The van der Waals surface area contributed by atoms with Crippen LogP contribution in [0.4, 0.5) is 0 Å². The highest BCUT2D eigenvalue weighted by molar-refractivity contribution is 5.76. The number of pyridine rings is 1. The smallest absolute Gasteiger partial charge is 0.224 e. The first-order chi connectivity index (χ1) is 8.75. The average molecular weight is 249 g/mol. The van der Waals surface area contributed by atoms with Crippen molar-refractivity contribution < 1.29 is 9.53 Å². The third-order valence-corrected chi connectivity index (χ3v) is 3.01. The summed E-state index contributed by atoms with van der Waals surface area (Å²) in [6, 6.07) is 3.99. The van der Waals surface area contributed by atoms with Crippen molar-refractivity contribution >= 4 is 5.91 Å². The number of hydrogen-bond donors (Lipinski definition) is 1. The van der Waals surface area contributed by atoms with E-state index in [0.717, 1.165) is 18.7 Å². The number of morpholine rings is 1. The zero-order valence-electron chi connectivity index (χ0n) is 10.6. The van der Waals surface area contributed by atoms with Gasteiger partial charge in [-0.15, -0.1) is 0 Å². The number of amides is 1. The van der Waals surface area contributed by atoms with E-state index in [9.17, 15) is 4.79 Å². The molecule has 1 aromatic rings. The van der Waals surface area contributed by atoms with Crippen LogP contribution in [0.1, 0.15) is 12.0 Å². The van der Waals surface area contributed by atoms with Crippen molar-refractivity contribution in [3.8, 4) is 0 Å². The van der Waals surface area contributed by atoms with Gasteiger partial charge in [0.25, 0.3) is 0 Å². The van der Waals surface area contributed by atoms with Crippen molar-refractivity contribution in [3.05, 3.63) is 30.1 Å². The van der Waals surface area contributed by atoms with Gasteiger partial charge in [0.2, 0.25) is 5.91 Å². The lowest BCUT2D eigenvalue weighted by Gasteiger charge is -2.25. The van der Waals surface area contributed by atoms with Crippen LogP contribution in [0, 0.1) is 0 Å². The molecule has 1 aliphatic heterocycles. The highest BCUT2D eigenvalue weighted by Gasteiger charge is 2.19. The van der Waals surface area contributed by atoms with Crippen LogP contribution in [0.3, 0.4) is 0 Å². The van der Waals surface area contributed by atoms with Crippen LogP contribution in [0.2, 0.25) is 0 Å². The van der Waals surface area contributed by atoms with Crippen LogP contribution in [-0.2, 0) is 16.1 Å². The van der Waals surface area contributed by atoms with Crippen LogP contribution >= 0.6 is 0 Å². The van der Waals surface area contributed by atoms with E-state index in [1.807, 2.05) is 19.2 Å². The number of nitrogens with zero attached hydrogens (tertiary/aromatic N) is 2. The van der Waals surface area contributed by atoms with Gasteiger partial charge in [-0.25, -0.2) is 0 Å². The minimum atomic E-state index is 0.134. The van der Waals surface area contributed by atoms with Gasteiger partial charge in [-0.05, 0) is 17.7 Å². The Balaban J connectivity index is 1.81. The number of rotatable bonds is 4. The Hall–Kier alpha value is -1.46. The summed E-state index contributed by atoms with van der Waals surface area (Å²) >= 11 is 0. The Kier molecular flexibility index (Phi) is 4.66. The lowest BCUT2D eigenvalue weighted by Crippen LogP contribution is -2.44. The standard InChI is InChI=1S/C13H19N3O2/c1-16(9-11-2-4-14-5-3-11)13(17)8-12-10-18-7-6-15-12/h2-5,12,15H,6-10H2,1H3. The van der Waals surface area contributed by atoms with Crippen LogP contribution in [0.15, 0.2) is 24.5 Å². The van der Waals surface area contributed by atoms with Crippen molar-refractivity contribution in [2.24, 2.45) is 0 Å². The Labute approximate surface area is 107 Å². The molecule has 2 rings (SSSR count). The molecule has 5 nitrogen and oxygen atoms in total. The molecule has 1 atom stereocenters. The third kappa shape index (κ3) is 3.78. The van der Waals surface area contributed by atoms with Gasteiger partial charge in [-0.3, -0.25) is 9.78 Å². The van der Waals surface area contributed by atoms with Gasteiger partial charge in [-0.2, -0.15) is 0 Å². The van der Waals surface area contributed by atoms with E-state index in [0.29, 0.717) is 19.6 Å². The number of hydrogen-bond acceptors (Lipinski definition) is 4. The summed E-state index contributed by atoms with van der Waals surface area (Å²) in [4.78, 5) is 17.7. The summed E-state index contributed by atoms with van der Waals surface area (Å²) in [5, 5.41) is 3.29. The number of carbonyl (C=O) groups is 1. The molecule has 1 aromatic heterocycles. The molecule has 1 N–H and O–H groups in total. The van der Waals surface area contributed by atoms with Crippen molar-refractivity contribution in [1.82, 2.24) is 15.2 Å². The van der Waals surface area contributed by atoms with E-state index >= 15 is 0 Å². The van der Waals surface area contributed by atoms with E-state index in [1.54, 1.807) is 17.3 Å². The summed E-state index contributed by atoms with van der Waals surface area (Å²) in [5.74, 6) is 0.134. The zero-order valence-corrected chi connectivity index (χ0v) is 10.6. The molecule has 1 unspecified atom stereocenters. The van der Waals surface area contributed by atoms with Crippen molar-refractivity contribution in [2.75, 3.05) is 26.8 Å². The highest BCUT2D eigenvalue weighted by Crippen LogP contribution is 2.06. The molecule has 1 aliphatic rings. The fourth-order valence-corrected chi connectivity index (χ4v) is 1.97. The lowest BCUT2D eigenvalue weighted by atomic mass is 10.1. The van der Waals surface area contributed by atoms with Gasteiger partial charge < -0.3 is 15.0 Å². The van der Waals surface area contributed by atoms with Crippen molar-refractivity contribution in [1.29, 1.82) is 0 Å². The minimum absolute atomic E-state index is 0.134. The molecule has 2 heterocycles. The Morgan fingerprint density at radius 3 is 3.00 bits per heavy atom. The second-order valence-electron chi connectivity index (χ2n) is 4.54. The molecule has 98 valence electrons. The Bertz CT molecular complexity index is 377. The molecule has 0 aromatic carbocycles. The second-order valence-corrected chi connectivity index (χ2v) is 4.54. The van der Waals surface area contributed by atoms with E-state index in [-0.39, 0.29) is 11.9 Å². The Morgan fingerprint density at radius 1 is 1.56 bits per heavy atom. The first-order valence-electron chi connectivity index (χ1n) is 6.19. The van der Waals surface area contributed by atoms with Crippen LogP contribution < -0.4 is 5.32 Å². The summed E-state index contributed by atoms with van der Waals surface area (Å²) in [7, 11) is 1.83. The number of nitrogens with one attached hydrogen (secondary N) is 1. The molecule has 0 bridgehead atoms. The van der Waals surface area contributed by atoms with E-state index < -0.39 is 0 Å². The predicted octanol–water partition coefficient (Wildman–Crippen LogP) is 0.418. The second kappa shape index (κ2) is 6.47. The van der Waals surface area contributed by atoms with Crippen molar-refractivity contribution in [3.63, 3.8) is 0 Å². The summed E-state index contributed by atoms with van der Waals surface area (Å²) in [5.41, 5.74) is 1.09. The lowest BCUT2D eigenvalue weighted by molar-refractivity contribution is -0.131. The maximum atomic E-state index is 12.0. The summed E-state index contributed by atoms with van der Waals surface area (Å²) in [6.07, 6.45) is 3.97. The summed E-state index contributed by atoms with van der Waals surface area (Å²) in [6.45, 7) is 2.80.